The van der Waals surface area contributed by atoms with Gasteiger partial charge in [0, 0.05) is 18.1 Å². The first-order valence-corrected chi connectivity index (χ1v) is 6.51. The van der Waals surface area contributed by atoms with Crippen molar-refractivity contribution in [3.8, 4) is 0 Å². The van der Waals surface area contributed by atoms with E-state index >= 15 is 0 Å². The molecule has 0 saturated carbocycles. The monoisotopic (exact) mass is 240 g/mol. The van der Waals surface area contributed by atoms with E-state index in [1.54, 1.807) is 0 Å². The Morgan fingerprint density at radius 2 is 2.11 bits per heavy atom. The molecule has 0 saturated heterocycles. The molecule has 1 N–H and O–H groups in total. The van der Waals surface area contributed by atoms with Crippen LogP contribution in [0.5, 0.6) is 0 Å². The van der Waals surface area contributed by atoms with Crippen molar-refractivity contribution in [2.75, 3.05) is 13.1 Å². The number of nitrogens with zero attached hydrogens (tertiary/aromatic N) is 1. The lowest BCUT2D eigenvalue weighted by molar-refractivity contribution is 0.719. The van der Waals surface area contributed by atoms with Gasteiger partial charge in [0.15, 0.2) is 0 Å². The third kappa shape index (κ3) is 3.17. The summed E-state index contributed by atoms with van der Waals surface area (Å²) in [7, 11) is 0. The Morgan fingerprint density at radius 1 is 1.28 bits per heavy atom. The van der Waals surface area contributed by atoms with Crippen LogP contribution in [0.1, 0.15) is 18.9 Å². The van der Waals surface area contributed by atoms with Crippen molar-refractivity contribution in [2.45, 2.75) is 19.8 Å². The number of para-hydroxylation sites is 1. The van der Waals surface area contributed by atoms with Crippen LogP contribution in [0.2, 0.25) is 0 Å². The standard InChI is InChI=1S/C16H20N2/c1-3-13(2)12-17-11-9-15-7-4-6-14-8-5-10-18-16(14)15/h4-8,10,17H,2-3,9,11-12H2,1H3. The highest BCUT2D eigenvalue weighted by Gasteiger charge is 2.01. The Morgan fingerprint density at radius 3 is 2.94 bits per heavy atom. The molecule has 18 heavy (non-hydrogen) atoms. The fraction of sp³-hybridized carbons (Fsp3) is 0.312. The van der Waals surface area contributed by atoms with Gasteiger partial charge in [-0.25, -0.2) is 0 Å². The molecular weight excluding hydrogens is 220 g/mol. The molecule has 0 aliphatic carbocycles. The number of hydrogen-bond donors (Lipinski definition) is 1. The third-order valence-corrected chi connectivity index (χ3v) is 3.16. The van der Waals surface area contributed by atoms with Crippen LogP contribution in [-0.2, 0) is 6.42 Å². The first-order chi connectivity index (χ1) is 8.81. The maximum Gasteiger partial charge on any atom is 0.0734 e. The van der Waals surface area contributed by atoms with Crippen LogP contribution >= 0.6 is 0 Å². The van der Waals surface area contributed by atoms with Crippen molar-refractivity contribution in [3.05, 3.63) is 54.2 Å². The number of rotatable bonds is 6. The molecule has 1 heterocycles. The van der Waals surface area contributed by atoms with Crippen molar-refractivity contribution < 1.29 is 0 Å². The summed E-state index contributed by atoms with van der Waals surface area (Å²) < 4.78 is 0. The maximum atomic E-state index is 4.47. The largest absolute Gasteiger partial charge is 0.313 e. The minimum atomic E-state index is 0.911. The molecule has 0 spiro atoms. The van der Waals surface area contributed by atoms with E-state index in [2.05, 4.69) is 48.1 Å². The Kier molecular flexibility index (Phi) is 4.48. The van der Waals surface area contributed by atoms with Gasteiger partial charge in [-0.1, -0.05) is 43.3 Å². The lowest BCUT2D eigenvalue weighted by Gasteiger charge is -2.07. The van der Waals surface area contributed by atoms with Gasteiger partial charge in [-0.2, -0.15) is 0 Å². The van der Waals surface area contributed by atoms with Gasteiger partial charge in [0.1, 0.15) is 0 Å². The molecule has 0 atom stereocenters. The summed E-state index contributed by atoms with van der Waals surface area (Å²) in [5.74, 6) is 0. The van der Waals surface area contributed by atoms with Crippen LogP contribution in [0.4, 0.5) is 0 Å². The molecule has 0 unspecified atom stereocenters. The molecule has 0 aliphatic heterocycles. The van der Waals surface area contributed by atoms with E-state index in [9.17, 15) is 0 Å². The van der Waals surface area contributed by atoms with Crippen LogP contribution in [-0.4, -0.2) is 18.1 Å². The lowest BCUT2D eigenvalue weighted by Crippen LogP contribution is -2.19. The Balaban J connectivity index is 1.97. The zero-order chi connectivity index (χ0) is 12.8. The first kappa shape index (κ1) is 12.8. The number of hydrogen-bond acceptors (Lipinski definition) is 2. The van der Waals surface area contributed by atoms with Crippen molar-refractivity contribution in [2.24, 2.45) is 0 Å². The first-order valence-electron chi connectivity index (χ1n) is 6.51. The molecule has 1 aromatic carbocycles. The second-order valence-electron chi connectivity index (χ2n) is 4.52. The van der Waals surface area contributed by atoms with E-state index in [4.69, 9.17) is 0 Å². The number of fused-ring (bicyclic) bond motifs is 1. The molecule has 0 aliphatic rings. The van der Waals surface area contributed by atoms with Crippen molar-refractivity contribution in [1.82, 2.24) is 10.3 Å². The smallest absolute Gasteiger partial charge is 0.0734 e. The fourth-order valence-corrected chi connectivity index (χ4v) is 1.98. The number of benzene rings is 1. The van der Waals surface area contributed by atoms with Gasteiger partial charge in [0.05, 0.1) is 5.52 Å². The van der Waals surface area contributed by atoms with E-state index in [1.807, 2.05) is 12.3 Å². The molecule has 2 heteroatoms. The normalized spacial score (nSPS) is 10.7. The molecule has 1 aromatic heterocycles. The second-order valence-corrected chi connectivity index (χ2v) is 4.52. The maximum absolute atomic E-state index is 4.47. The summed E-state index contributed by atoms with van der Waals surface area (Å²) in [4.78, 5) is 4.47. The van der Waals surface area contributed by atoms with Crippen molar-refractivity contribution >= 4 is 10.9 Å². The molecule has 0 amide bonds. The number of aromatic nitrogens is 1. The van der Waals surface area contributed by atoms with E-state index in [0.29, 0.717) is 0 Å². The number of pyridine rings is 1. The molecule has 0 fully saturated rings. The number of nitrogens with one attached hydrogen (secondary N) is 1. The zero-order valence-electron chi connectivity index (χ0n) is 10.9. The van der Waals surface area contributed by atoms with Crippen molar-refractivity contribution in [1.29, 1.82) is 0 Å². The third-order valence-electron chi connectivity index (χ3n) is 3.16. The average Bonchev–Trinajstić information content (AvgIpc) is 2.43. The quantitative estimate of drug-likeness (QED) is 0.619. The molecular formula is C16H20N2. The van der Waals surface area contributed by atoms with Crippen LogP contribution in [0.15, 0.2) is 48.7 Å². The van der Waals surface area contributed by atoms with Gasteiger partial charge < -0.3 is 5.32 Å². The van der Waals surface area contributed by atoms with Gasteiger partial charge >= 0.3 is 0 Å². The predicted octanol–water partition coefficient (Wildman–Crippen LogP) is 3.33. The summed E-state index contributed by atoms with van der Waals surface area (Å²) >= 11 is 0. The van der Waals surface area contributed by atoms with Gasteiger partial charge in [0.25, 0.3) is 0 Å². The van der Waals surface area contributed by atoms with Gasteiger partial charge in [-0.3, -0.25) is 4.98 Å². The molecule has 0 radical (unpaired) electrons. The molecule has 94 valence electrons. The predicted molar refractivity (Wildman–Crippen MR) is 77.7 cm³/mol. The van der Waals surface area contributed by atoms with Crippen LogP contribution in [0, 0.1) is 0 Å². The Labute approximate surface area is 109 Å². The van der Waals surface area contributed by atoms with Crippen LogP contribution in [0.25, 0.3) is 10.9 Å². The van der Waals surface area contributed by atoms with Gasteiger partial charge in [0.2, 0.25) is 0 Å². The van der Waals surface area contributed by atoms with Crippen molar-refractivity contribution in [3.63, 3.8) is 0 Å². The SMILES string of the molecule is C=C(CC)CNCCc1cccc2cccnc12. The highest BCUT2D eigenvalue weighted by Crippen LogP contribution is 2.15. The van der Waals surface area contributed by atoms with Gasteiger partial charge in [-0.15, -0.1) is 0 Å². The van der Waals surface area contributed by atoms with E-state index in [-0.39, 0.29) is 0 Å². The van der Waals surface area contributed by atoms with E-state index in [0.717, 1.165) is 31.4 Å². The minimum Gasteiger partial charge on any atom is -0.313 e. The lowest BCUT2D eigenvalue weighted by atomic mass is 10.1. The summed E-state index contributed by atoms with van der Waals surface area (Å²) in [5.41, 5.74) is 3.69. The fourth-order valence-electron chi connectivity index (χ4n) is 1.98. The second kappa shape index (κ2) is 6.31. The molecule has 2 nitrogen and oxygen atoms in total. The van der Waals surface area contributed by atoms with E-state index in [1.165, 1.54) is 16.5 Å². The average molecular weight is 240 g/mol. The summed E-state index contributed by atoms with van der Waals surface area (Å²) in [6.45, 7) is 8.01. The molecule has 0 bridgehead atoms. The van der Waals surface area contributed by atoms with Crippen LogP contribution < -0.4 is 5.32 Å². The zero-order valence-corrected chi connectivity index (χ0v) is 10.9. The van der Waals surface area contributed by atoms with Crippen LogP contribution in [0.3, 0.4) is 0 Å². The Hall–Kier alpha value is -1.67. The highest BCUT2D eigenvalue weighted by molar-refractivity contribution is 5.81. The highest BCUT2D eigenvalue weighted by atomic mass is 14.8. The molecule has 2 aromatic rings. The Bertz CT molecular complexity index is 526. The van der Waals surface area contributed by atoms with Gasteiger partial charge in [-0.05, 0) is 31.0 Å². The summed E-state index contributed by atoms with van der Waals surface area (Å²) in [6.07, 6.45) is 3.91. The van der Waals surface area contributed by atoms with E-state index < -0.39 is 0 Å². The minimum absolute atomic E-state index is 0.911. The summed E-state index contributed by atoms with van der Waals surface area (Å²) in [6, 6.07) is 10.5. The molecule has 2 rings (SSSR count). The summed E-state index contributed by atoms with van der Waals surface area (Å²) in [5, 5.41) is 4.64. The topological polar surface area (TPSA) is 24.9 Å².